The average Bonchev–Trinajstić information content (AvgIpc) is 2.88. The molecule has 0 fully saturated rings. The van der Waals surface area contributed by atoms with Gasteiger partial charge in [0.05, 0.1) is 17.9 Å². The molecule has 1 aliphatic rings. The molecule has 0 aliphatic carbocycles. The molecule has 1 aromatic carbocycles. The zero-order chi connectivity index (χ0) is 13.4. The Morgan fingerprint density at radius 2 is 2.21 bits per heavy atom. The number of nitrogens with zero attached hydrogens (tertiary/aromatic N) is 2. The van der Waals surface area contributed by atoms with Gasteiger partial charge in [0.25, 0.3) is 0 Å². The van der Waals surface area contributed by atoms with Crippen LogP contribution in [0.25, 0.3) is 11.4 Å². The van der Waals surface area contributed by atoms with E-state index in [0.717, 1.165) is 15.7 Å². The van der Waals surface area contributed by atoms with Gasteiger partial charge < -0.3 is 4.74 Å². The zero-order valence-corrected chi connectivity index (χ0v) is 12.7. The van der Waals surface area contributed by atoms with Gasteiger partial charge in [-0.05, 0) is 17.7 Å². The van der Waals surface area contributed by atoms with Crippen molar-refractivity contribution in [2.45, 2.75) is 10.8 Å². The lowest BCUT2D eigenvalue weighted by Crippen LogP contribution is -1.97. The summed E-state index contributed by atoms with van der Waals surface area (Å²) < 4.78 is 20.1. The third-order valence-electron chi connectivity index (χ3n) is 2.91. The second kappa shape index (κ2) is 5.20. The van der Waals surface area contributed by atoms with E-state index in [1.165, 1.54) is 6.07 Å². The minimum Gasteiger partial charge on any atom is -0.488 e. The highest BCUT2D eigenvalue weighted by Crippen LogP contribution is 2.33. The number of alkyl halides is 1. The monoisotopic (exact) mass is 390 g/mol. The van der Waals surface area contributed by atoms with Crippen LogP contribution in [0.15, 0.2) is 18.2 Å². The molecule has 0 atom stereocenters. The minimum atomic E-state index is -0.344. The summed E-state index contributed by atoms with van der Waals surface area (Å²) in [5.41, 5.74) is 2.15. The number of fused-ring (bicyclic) bond motifs is 1. The van der Waals surface area contributed by atoms with Gasteiger partial charge in [0.1, 0.15) is 5.82 Å². The normalized spacial score (nSPS) is 13.2. The van der Waals surface area contributed by atoms with Crippen LogP contribution < -0.4 is 4.74 Å². The van der Waals surface area contributed by atoms with E-state index >= 15 is 0 Å². The van der Waals surface area contributed by atoms with Crippen LogP contribution in [0.1, 0.15) is 11.3 Å². The Bertz CT molecular complexity index is 651. The first-order valence-electron chi connectivity index (χ1n) is 5.73. The molecule has 0 N–H and O–H groups in total. The van der Waals surface area contributed by atoms with Crippen LogP contribution in [0.2, 0.25) is 5.15 Å². The predicted octanol–water partition coefficient (Wildman–Crippen LogP) is 3.81. The van der Waals surface area contributed by atoms with Crippen LogP contribution in [-0.4, -0.2) is 16.6 Å². The lowest BCUT2D eigenvalue weighted by molar-refractivity contribution is 0.356. The molecular formula is C13H9ClFIN2O. The van der Waals surface area contributed by atoms with Crippen LogP contribution in [0.4, 0.5) is 4.39 Å². The summed E-state index contributed by atoms with van der Waals surface area (Å²) in [6.07, 6.45) is 0.679. The van der Waals surface area contributed by atoms with E-state index in [-0.39, 0.29) is 11.0 Å². The topological polar surface area (TPSA) is 35.0 Å². The minimum absolute atomic E-state index is 0.247. The van der Waals surface area contributed by atoms with Crippen molar-refractivity contribution in [3.05, 3.63) is 40.4 Å². The van der Waals surface area contributed by atoms with Crippen LogP contribution in [-0.2, 0) is 10.8 Å². The van der Waals surface area contributed by atoms with Crippen LogP contribution in [0.5, 0.6) is 5.75 Å². The number of rotatable bonds is 2. The standard InChI is InChI=1S/C13H9ClFIN2O/c14-12-11-10(3-4-19-11)17-13(18-12)8-5-7(6-16)1-2-9(8)15/h1-2,5H,3-4,6H2. The van der Waals surface area contributed by atoms with Gasteiger partial charge in [0.15, 0.2) is 16.7 Å². The summed E-state index contributed by atoms with van der Waals surface area (Å²) >= 11 is 8.28. The van der Waals surface area contributed by atoms with Crippen molar-refractivity contribution in [2.24, 2.45) is 0 Å². The molecule has 0 saturated heterocycles. The lowest BCUT2D eigenvalue weighted by Gasteiger charge is -2.07. The van der Waals surface area contributed by atoms with Crippen LogP contribution in [0, 0.1) is 5.82 Å². The third-order valence-corrected chi connectivity index (χ3v) is 4.04. The summed E-state index contributed by atoms with van der Waals surface area (Å²) in [6, 6.07) is 4.95. The number of hydrogen-bond donors (Lipinski definition) is 0. The van der Waals surface area contributed by atoms with Crippen molar-refractivity contribution in [1.82, 2.24) is 9.97 Å². The summed E-state index contributed by atoms with van der Waals surface area (Å²) in [4.78, 5) is 8.50. The van der Waals surface area contributed by atoms with Crippen LogP contribution >= 0.6 is 34.2 Å². The molecule has 0 radical (unpaired) electrons. The maximum atomic E-state index is 13.9. The fourth-order valence-corrected chi connectivity index (χ4v) is 2.69. The van der Waals surface area contributed by atoms with E-state index in [1.807, 2.05) is 0 Å². The smallest absolute Gasteiger partial charge is 0.178 e. The molecule has 0 amide bonds. The molecule has 3 rings (SSSR count). The number of aromatic nitrogens is 2. The Morgan fingerprint density at radius 3 is 3.00 bits per heavy atom. The molecule has 0 bridgehead atoms. The van der Waals surface area contributed by atoms with Gasteiger partial charge in [-0.2, -0.15) is 0 Å². The molecular weight excluding hydrogens is 382 g/mol. The van der Waals surface area contributed by atoms with Gasteiger partial charge in [0, 0.05) is 10.8 Å². The highest BCUT2D eigenvalue weighted by molar-refractivity contribution is 14.1. The highest BCUT2D eigenvalue weighted by Gasteiger charge is 2.21. The Morgan fingerprint density at radius 1 is 1.37 bits per heavy atom. The molecule has 2 aromatic rings. The predicted molar refractivity (Wildman–Crippen MR) is 79.4 cm³/mol. The van der Waals surface area contributed by atoms with Crippen molar-refractivity contribution < 1.29 is 9.13 Å². The Hall–Kier alpha value is -0.950. The number of benzene rings is 1. The molecule has 98 valence electrons. The van der Waals surface area contributed by atoms with E-state index in [9.17, 15) is 4.39 Å². The maximum absolute atomic E-state index is 13.9. The van der Waals surface area contributed by atoms with Crippen molar-refractivity contribution in [3.8, 4) is 17.1 Å². The first-order valence-corrected chi connectivity index (χ1v) is 7.63. The molecule has 19 heavy (non-hydrogen) atoms. The molecule has 6 heteroatoms. The fraction of sp³-hybridized carbons (Fsp3) is 0.231. The van der Waals surface area contributed by atoms with Gasteiger partial charge in [-0.1, -0.05) is 40.3 Å². The number of hydrogen-bond acceptors (Lipinski definition) is 3. The zero-order valence-electron chi connectivity index (χ0n) is 9.79. The molecule has 0 spiro atoms. The molecule has 0 unspecified atom stereocenters. The number of ether oxygens (including phenoxy) is 1. The molecule has 0 saturated carbocycles. The van der Waals surface area contributed by atoms with Gasteiger partial charge in [-0.15, -0.1) is 0 Å². The van der Waals surface area contributed by atoms with Crippen molar-refractivity contribution in [1.29, 1.82) is 0 Å². The van der Waals surface area contributed by atoms with E-state index in [0.29, 0.717) is 30.2 Å². The summed E-state index contributed by atoms with van der Waals surface area (Å²) in [5.74, 6) is 0.498. The molecule has 1 aromatic heterocycles. The van der Waals surface area contributed by atoms with Crippen molar-refractivity contribution >= 4 is 34.2 Å². The van der Waals surface area contributed by atoms with Crippen molar-refractivity contribution in [3.63, 3.8) is 0 Å². The maximum Gasteiger partial charge on any atom is 0.178 e. The second-order valence-corrected chi connectivity index (χ2v) is 5.28. The van der Waals surface area contributed by atoms with Gasteiger partial charge in [-0.25, -0.2) is 14.4 Å². The molecule has 2 heterocycles. The SMILES string of the molecule is Fc1ccc(CI)cc1-c1nc(Cl)c2c(n1)CCO2. The van der Waals surface area contributed by atoms with E-state index < -0.39 is 0 Å². The number of halogens is 3. The molecule has 1 aliphatic heterocycles. The van der Waals surface area contributed by atoms with Gasteiger partial charge in [0.2, 0.25) is 0 Å². The third kappa shape index (κ3) is 2.41. The van der Waals surface area contributed by atoms with Crippen LogP contribution in [0.3, 0.4) is 0 Å². The first kappa shape index (κ1) is 13.1. The van der Waals surface area contributed by atoms with Crippen molar-refractivity contribution in [2.75, 3.05) is 6.61 Å². The largest absolute Gasteiger partial charge is 0.488 e. The Kier molecular flexibility index (Phi) is 3.58. The Balaban J connectivity index is 2.14. The van der Waals surface area contributed by atoms with Gasteiger partial charge in [-0.3, -0.25) is 0 Å². The van der Waals surface area contributed by atoms with Gasteiger partial charge >= 0.3 is 0 Å². The van der Waals surface area contributed by atoms with E-state index in [1.54, 1.807) is 12.1 Å². The fourth-order valence-electron chi connectivity index (χ4n) is 1.98. The lowest BCUT2D eigenvalue weighted by atomic mass is 10.1. The second-order valence-electron chi connectivity index (χ2n) is 4.16. The van der Waals surface area contributed by atoms with E-state index in [2.05, 4.69) is 32.6 Å². The first-order chi connectivity index (χ1) is 9.19. The average molecular weight is 391 g/mol. The Labute approximate surface area is 128 Å². The quantitative estimate of drug-likeness (QED) is 0.444. The summed E-state index contributed by atoms with van der Waals surface area (Å²) in [5, 5.41) is 0.247. The summed E-state index contributed by atoms with van der Waals surface area (Å²) in [7, 11) is 0. The highest BCUT2D eigenvalue weighted by atomic mass is 127. The molecule has 3 nitrogen and oxygen atoms in total. The summed E-state index contributed by atoms with van der Waals surface area (Å²) in [6.45, 7) is 0.545. The van der Waals surface area contributed by atoms with E-state index in [4.69, 9.17) is 16.3 Å².